The summed E-state index contributed by atoms with van der Waals surface area (Å²) in [5.41, 5.74) is 1.14. The van der Waals surface area contributed by atoms with E-state index < -0.39 is 0 Å². The molecule has 84 valence electrons. The number of aryl methyl sites for hydroxylation is 1. The van der Waals surface area contributed by atoms with Gasteiger partial charge in [-0.05, 0) is 24.5 Å². The van der Waals surface area contributed by atoms with Crippen molar-refractivity contribution in [3.8, 4) is 5.75 Å². The Hall–Kier alpha value is -1.02. The molecule has 0 aliphatic carbocycles. The summed E-state index contributed by atoms with van der Waals surface area (Å²) in [5, 5.41) is 9.16. The molecule has 0 aliphatic rings. The van der Waals surface area contributed by atoms with Crippen LogP contribution in [-0.4, -0.2) is 18.3 Å². The molecule has 2 heteroatoms. The number of aliphatic hydroxyl groups excluding tert-OH is 1. The summed E-state index contributed by atoms with van der Waals surface area (Å²) in [7, 11) is 0. The highest BCUT2D eigenvalue weighted by molar-refractivity contribution is 5.31. The number of aliphatic hydroxyl groups is 1. The maximum Gasteiger partial charge on any atom is 0.122 e. The lowest BCUT2D eigenvalue weighted by molar-refractivity contribution is 0.129. The van der Waals surface area contributed by atoms with Crippen LogP contribution >= 0.6 is 0 Å². The molecule has 0 aliphatic heterocycles. The number of benzene rings is 1. The van der Waals surface area contributed by atoms with Crippen LogP contribution in [0.4, 0.5) is 0 Å². The molecule has 0 amide bonds. The van der Waals surface area contributed by atoms with Crippen molar-refractivity contribution < 1.29 is 9.84 Å². The lowest BCUT2D eigenvalue weighted by Crippen LogP contribution is -2.21. The van der Waals surface area contributed by atoms with E-state index in [1.54, 1.807) is 0 Å². The standard InChI is InChI=1S/C13H20O2/c1-10(2)12(8-14)9-15-13-7-5-4-6-11(13)3/h4-7,10,12,14H,8-9H2,1-3H3. The summed E-state index contributed by atoms with van der Waals surface area (Å²) in [5.74, 6) is 1.57. The minimum atomic E-state index is 0.184. The Morgan fingerprint density at radius 2 is 1.93 bits per heavy atom. The van der Waals surface area contributed by atoms with Crippen molar-refractivity contribution >= 4 is 0 Å². The molecule has 1 unspecified atom stereocenters. The molecule has 2 nitrogen and oxygen atoms in total. The van der Waals surface area contributed by atoms with Gasteiger partial charge in [0.25, 0.3) is 0 Å². The van der Waals surface area contributed by atoms with Gasteiger partial charge in [0.15, 0.2) is 0 Å². The molecule has 0 spiro atoms. The van der Waals surface area contributed by atoms with Crippen LogP contribution in [0.3, 0.4) is 0 Å². The summed E-state index contributed by atoms with van der Waals surface area (Å²) in [6.45, 7) is 6.99. The predicted octanol–water partition coefficient (Wildman–Crippen LogP) is 2.64. The molecule has 0 fully saturated rings. The van der Waals surface area contributed by atoms with E-state index in [1.165, 1.54) is 0 Å². The predicted molar refractivity (Wildman–Crippen MR) is 62.1 cm³/mol. The summed E-state index contributed by atoms with van der Waals surface area (Å²) in [4.78, 5) is 0. The average Bonchev–Trinajstić information content (AvgIpc) is 2.21. The SMILES string of the molecule is Cc1ccccc1OCC(CO)C(C)C. The van der Waals surface area contributed by atoms with Gasteiger partial charge in [0, 0.05) is 12.5 Å². The summed E-state index contributed by atoms with van der Waals surface area (Å²) in [6.07, 6.45) is 0. The van der Waals surface area contributed by atoms with E-state index in [4.69, 9.17) is 9.84 Å². The van der Waals surface area contributed by atoms with Gasteiger partial charge in [-0.2, -0.15) is 0 Å². The van der Waals surface area contributed by atoms with E-state index in [2.05, 4.69) is 13.8 Å². The lowest BCUT2D eigenvalue weighted by Gasteiger charge is -2.19. The maximum absolute atomic E-state index is 9.16. The monoisotopic (exact) mass is 208 g/mol. The van der Waals surface area contributed by atoms with Crippen LogP contribution in [0.2, 0.25) is 0 Å². The van der Waals surface area contributed by atoms with Crippen LogP contribution < -0.4 is 4.74 Å². The lowest BCUT2D eigenvalue weighted by atomic mass is 9.98. The highest BCUT2D eigenvalue weighted by Crippen LogP contribution is 2.18. The molecule has 1 aromatic rings. The van der Waals surface area contributed by atoms with Gasteiger partial charge in [-0.25, -0.2) is 0 Å². The smallest absolute Gasteiger partial charge is 0.122 e. The van der Waals surface area contributed by atoms with Crippen molar-refractivity contribution in [1.29, 1.82) is 0 Å². The molecule has 1 atom stereocenters. The maximum atomic E-state index is 9.16. The second-order valence-corrected chi connectivity index (χ2v) is 4.26. The third kappa shape index (κ3) is 3.56. The molecule has 0 radical (unpaired) electrons. The fourth-order valence-electron chi connectivity index (χ4n) is 1.37. The first-order chi connectivity index (χ1) is 7.15. The van der Waals surface area contributed by atoms with Crippen LogP contribution in [0.15, 0.2) is 24.3 Å². The van der Waals surface area contributed by atoms with Crippen LogP contribution in [-0.2, 0) is 0 Å². The molecule has 15 heavy (non-hydrogen) atoms. The third-order valence-electron chi connectivity index (χ3n) is 2.72. The first-order valence-corrected chi connectivity index (χ1v) is 5.44. The van der Waals surface area contributed by atoms with Crippen LogP contribution in [0.1, 0.15) is 19.4 Å². The first kappa shape index (κ1) is 12.1. The van der Waals surface area contributed by atoms with Gasteiger partial charge in [-0.1, -0.05) is 32.0 Å². The van der Waals surface area contributed by atoms with Crippen molar-refractivity contribution in [3.63, 3.8) is 0 Å². The molecule has 1 aromatic carbocycles. The number of rotatable bonds is 5. The Labute approximate surface area is 91.9 Å². The molecule has 0 aromatic heterocycles. The fourth-order valence-corrected chi connectivity index (χ4v) is 1.37. The Bertz CT molecular complexity index is 294. The highest BCUT2D eigenvalue weighted by atomic mass is 16.5. The average molecular weight is 208 g/mol. The molecule has 1 rings (SSSR count). The van der Waals surface area contributed by atoms with Crippen molar-refractivity contribution in [2.75, 3.05) is 13.2 Å². The van der Waals surface area contributed by atoms with Crippen LogP contribution in [0, 0.1) is 18.8 Å². The zero-order chi connectivity index (χ0) is 11.3. The normalized spacial score (nSPS) is 12.9. The van der Waals surface area contributed by atoms with Gasteiger partial charge in [0.1, 0.15) is 5.75 Å². The molecular formula is C13H20O2. The summed E-state index contributed by atoms with van der Waals surface area (Å²) < 4.78 is 5.69. The second kappa shape index (κ2) is 5.76. The number of para-hydroxylation sites is 1. The molecule has 0 heterocycles. The number of hydrogen-bond acceptors (Lipinski definition) is 2. The van der Waals surface area contributed by atoms with E-state index in [1.807, 2.05) is 31.2 Å². The highest BCUT2D eigenvalue weighted by Gasteiger charge is 2.13. The molecule has 0 saturated heterocycles. The van der Waals surface area contributed by atoms with Gasteiger partial charge >= 0.3 is 0 Å². The second-order valence-electron chi connectivity index (χ2n) is 4.26. The van der Waals surface area contributed by atoms with Crippen LogP contribution in [0.5, 0.6) is 5.75 Å². The Kier molecular flexibility index (Phi) is 4.63. The van der Waals surface area contributed by atoms with E-state index in [0.717, 1.165) is 11.3 Å². The topological polar surface area (TPSA) is 29.5 Å². The van der Waals surface area contributed by atoms with Gasteiger partial charge in [-0.3, -0.25) is 0 Å². The van der Waals surface area contributed by atoms with Crippen molar-refractivity contribution in [3.05, 3.63) is 29.8 Å². The Balaban J connectivity index is 2.53. The molecule has 1 N–H and O–H groups in total. The van der Waals surface area contributed by atoms with Crippen molar-refractivity contribution in [2.24, 2.45) is 11.8 Å². The zero-order valence-corrected chi connectivity index (χ0v) is 9.73. The molecule has 0 saturated carbocycles. The van der Waals surface area contributed by atoms with Gasteiger partial charge in [0.05, 0.1) is 6.61 Å². The first-order valence-electron chi connectivity index (χ1n) is 5.44. The zero-order valence-electron chi connectivity index (χ0n) is 9.73. The van der Waals surface area contributed by atoms with E-state index >= 15 is 0 Å². The Morgan fingerprint density at radius 1 is 1.27 bits per heavy atom. The minimum absolute atomic E-state index is 0.184. The summed E-state index contributed by atoms with van der Waals surface area (Å²) >= 11 is 0. The van der Waals surface area contributed by atoms with Gasteiger partial charge < -0.3 is 9.84 Å². The van der Waals surface area contributed by atoms with E-state index in [-0.39, 0.29) is 12.5 Å². The van der Waals surface area contributed by atoms with Crippen LogP contribution in [0.25, 0.3) is 0 Å². The number of ether oxygens (including phenoxy) is 1. The molecule has 0 bridgehead atoms. The fraction of sp³-hybridized carbons (Fsp3) is 0.538. The third-order valence-corrected chi connectivity index (χ3v) is 2.72. The van der Waals surface area contributed by atoms with Crippen molar-refractivity contribution in [2.45, 2.75) is 20.8 Å². The van der Waals surface area contributed by atoms with E-state index in [9.17, 15) is 0 Å². The molecular weight excluding hydrogens is 188 g/mol. The van der Waals surface area contributed by atoms with Gasteiger partial charge in [-0.15, -0.1) is 0 Å². The Morgan fingerprint density at radius 3 is 2.47 bits per heavy atom. The quantitative estimate of drug-likeness (QED) is 0.806. The van der Waals surface area contributed by atoms with Gasteiger partial charge in [0.2, 0.25) is 0 Å². The summed E-state index contributed by atoms with van der Waals surface area (Å²) in [6, 6.07) is 7.95. The van der Waals surface area contributed by atoms with Crippen molar-refractivity contribution in [1.82, 2.24) is 0 Å². The number of hydrogen-bond donors (Lipinski definition) is 1. The largest absolute Gasteiger partial charge is 0.493 e. The minimum Gasteiger partial charge on any atom is -0.493 e. The van der Waals surface area contributed by atoms with E-state index in [0.29, 0.717) is 12.5 Å².